The van der Waals surface area contributed by atoms with Crippen molar-refractivity contribution < 1.29 is 4.74 Å². The third-order valence-corrected chi connectivity index (χ3v) is 12.1. The van der Waals surface area contributed by atoms with Crippen LogP contribution in [-0.4, -0.2) is 9.13 Å². The molecule has 2 aromatic heterocycles. The summed E-state index contributed by atoms with van der Waals surface area (Å²) in [6.07, 6.45) is 0. The Hall–Kier alpha value is -7.04. The monoisotopic (exact) mass is 705 g/mol. The van der Waals surface area contributed by atoms with Crippen molar-refractivity contribution in [1.29, 1.82) is 0 Å². The van der Waals surface area contributed by atoms with Gasteiger partial charge in [0.05, 0.1) is 39.1 Å². The third-order valence-electron chi connectivity index (χ3n) is 12.1. The van der Waals surface area contributed by atoms with Gasteiger partial charge in [0.1, 0.15) is 0 Å². The number of rotatable bonds is 3. The lowest BCUT2D eigenvalue weighted by Crippen LogP contribution is -2.30. The number of nitrogens with zero attached hydrogens (tertiary/aromatic N) is 3. The Bertz CT molecular complexity index is 3170. The first kappa shape index (κ1) is 30.4. The standard InChI is InChI=1S/C51H35N3O/c1-51(2)39-16-4-7-19-43(39)53(44-20-8-5-17-40(44)51)34-29-30-42-38(31-34)36-13-3-6-18-41(36)52(42)33-27-25-32(26-28-33)35-14-11-22-46-49(35)37-15-12-24-48-50(37)54(46)45-21-9-10-23-47(45)55-48/h3-31H,1-2H3. The molecule has 0 saturated heterocycles. The molecule has 0 saturated carbocycles. The quantitative estimate of drug-likeness (QED) is 0.183. The van der Waals surface area contributed by atoms with Crippen LogP contribution in [0.25, 0.3) is 66.1 Å². The number of aromatic nitrogens is 2. The van der Waals surface area contributed by atoms with E-state index in [0.29, 0.717) is 0 Å². The van der Waals surface area contributed by atoms with Crippen LogP contribution in [0.5, 0.6) is 11.5 Å². The van der Waals surface area contributed by atoms with Crippen LogP contribution in [0.1, 0.15) is 25.0 Å². The summed E-state index contributed by atoms with van der Waals surface area (Å²) in [6.45, 7) is 4.68. The largest absolute Gasteiger partial charge is 0.453 e. The molecule has 8 aromatic carbocycles. The second kappa shape index (κ2) is 11.0. The molecule has 10 aromatic rings. The zero-order valence-corrected chi connectivity index (χ0v) is 30.5. The molecule has 0 aliphatic carbocycles. The SMILES string of the molecule is CC1(C)c2ccccc2N(c2ccc3c(c2)c2ccccc2n3-c2ccc(-c3cccc4c3c3cccc5c3n4-c3ccccc3O5)cc2)c2ccccc21. The summed E-state index contributed by atoms with van der Waals surface area (Å²) in [6, 6.07) is 64.0. The molecule has 2 aliphatic heterocycles. The van der Waals surface area contributed by atoms with Crippen LogP contribution in [-0.2, 0) is 5.41 Å². The second-order valence-corrected chi connectivity index (χ2v) is 15.4. The van der Waals surface area contributed by atoms with Crippen molar-refractivity contribution in [2.75, 3.05) is 4.90 Å². The van der Waals surface area contributed by atoms with Crippen molar-refractivity contribution in [2.45, 2.75) is 19.3 Å². The lowest BCUT2D eigenvalue weighted by Gasteiger charge is -2.42. The van der Waals surface area contributed by atoms with E-state index >= 15 is 0 Å². The summed E-state index contributed by atoms with van der Waals surface area (Å²) in [5.74, 6) is 1.77. The van der Waals surface area contributed by atoms with E-state index in [2.05, 4.69) is 192 Å². The molecule has 0 radical (unpaired) electrons. The normalized spacial score (nSPS) is 13.9. The van der Waals surface area contributed by atoms with Crippen molar-refractivity contribution in [1.82, 2.24) is 9.13 Å². The topological polar surface area (TPSA) is 22.3 Å². The summed E-state index contributed by atoms with van der Waals surface area (Å²) >= 11 is 0. The van der Waals surface area contributed by atoms with Gasteiger partial charge < -0.3 is 18.8 Å². The number of hydrogen-bond acceptors (Lipinski definition) is 2. The number of hydrogen-bond donors (Lipinski definition) is 0. The molecule has 0 unspecified atom stereocenters. The molecule has 4 heteroatoms. The Labute approximate surface area is 318 Å². The predicted molar refractivity (Wildman–Crippen MR) is 227 cm³/mol. The summed E-state index contributed by atoms with van der Waals surface area (Å²) in [4.78, 5) is 2.45. The minimum atomic E-state index is -0.101. The predicted octanol–water partition coefficient (Wildman–Crippen LogP) is 13.8. The minimum absolute atomic E-state index is 0.101. The van der Waals surface area contributed by atoms with Gasteiger partial charge in [0, 0.05) is 38.3 Å². The first-order valence-corrected chi connectivity index (χ1v) is 19.0. The highest BCUT2D eigenvalue weighted by Crippen LogP contribution is 2.52. The number of anilines is 3. The van der Waals surface area contributed by atoms with Gasteiger partial charge >= 0.3 is 0 Å². The van der Waals surface area contributed by atoms with Crippen LogP contribution in [0, 0.1) is 0 Å². The lowest BCUT2D eigenvalue weighted by molar-refractivity contribution is 0.476. The van der Waals surface area contributed by atoms with Gasteiger partial charge in [-0.05, 0) is 95.1 Å². The molecule has 0 amide bonds. The molecule has 0 bridgehead atoms. The van der Waals surface area contributed by atoms with Gasteiger partial charge in [0.2, 0.25) is 0 Å². The smallest absolute Gasteiger partial charge is 0.152 e. The third kappa shape index (κ3) is 4.11. The maximum absolute atomic E-state index is 6.41. The van der Waals surface area contributed by atoms with Crippen LogP contribution in [0.15, 0.2) is 176 Å². The van der Waals surface area contributed by atoms with Gasteiger partial charge in [-0.1, -0.05) is 117 Å². The van der Waals surface area contributed by atoms with Crippen LogP contribution in [0.3, 0.4) is 0 Å². The van der Waals surface area contributed by atoms with E-state index in [0.717, 1.165) is 34.1 Å². The van der Waals surface area contributed by atoms with E-state index in [1.807, 2.05) is 12.1 Å². The Morgan fingerprint density at radius 1 is 0.436 bits per heavy atom. The molecule has 260 valence electrons. The van der Waals surface area contributed by atoms with Gasteiger partial charge in [-0.25, -0.2) is 0 Å². The van der Waals surface area contributed by atoms with E-state index in [-0.39, 0.29) is 5.41 Å². The Morgan fingerprint density at radius 2 is 1.04 bits per heavy atom. The summed E-state index contributed by atoms with van der Waals surface area (Å²) < 4.78 is 11.2. The van der Waals surface area contributed by atoms with Gasteiger partial charge in [-0.2, -0.15) is 0 Å². The summed E-state index contributed by atoms with van der Waals surface area (Å²) in [7, 11) is 0. The zero-order chi connectivity index (χ0) is 36.4. The van der Waals surface area contributed by atoms with Gasteiger partial charge in [0.25, 0.3) is 0 Å². The Balaban J connectivity index is 1.01. The highest BCUT2D eigenvalue weighted by atomic mass is 16.5. The van der Waals surface area contributed by atoms with Crippen LogP contribution < -0.4 is 9.64 Å². The molecule has 4 nitrogen and oxygen atoms in total. The number of ether oxygens (including phenoxy) is 1. The van der Waals surface area contributed by atoms with Crippen molar-refractivity contribution >= 4 is 60.7 Å². The molecule has 55 heavy (non-hydrogen) atoms. The molecule has 0 atom stereocenters. The molecular weight excluding hydrogens is 671 g/mol. The number of benzene rings is 8. The molecule has 12 rings (SSSR count). The Kier molecular flexibility index (Phi) is 6.09. The molecule has 4 heterocycles. The van der Waals surface area contributed by atoms with Crippen molar-refractivity contribution in [2.24, 2.45) is 0 Å². The molecule has 0 N–H and O–H groups in total. The first-order chi connectivity index (χ1) is 27.1. The first-order valence-electron chi connectivity index (χ1n) is 19.0. The van der Waals surface area contributed by atoms with E-state index < -0.39 is 0 Å². The fraction of sp³-hybridized carbons (Fsp3) is 0.0588. The molecule has 0 fully saturated rings. The lowest BCUT2D eigenvalue weighted by atomic mass is 9.73. The van der Waals surface area contributed by atoms with Gasteiger partial charge in [-0.15, -0.1) is 0 Å². The molecule has 2 aliphatic rings. The fourth-order valence-corrected chi connectivity index (χ4v) is 9.62. The maximum Gasteiger partial charge on any atom is 0.152 e. The highest BCUT2D eigenvalue weighted by Gasteiger charge is 2.36. The van der Waals surface area contributed by atoms with E-state index in [1.54, 1.807) is 0 Å². The number of fused-ring (bicyclic) bond motifs is 10. The van der Waals surface area contributed by atoms with Crippen LogP contribution in [0.2, 0.25) is 0 Å². The second-order valence-electron chi connectivity index (χ2n) is 15.4. The van der Waals surface area contributed by atoms with Crippen molar-refractivity contribution in [3.8, 4) is 34.0 Å². The average Bonchev–Trinajstić information content (AvgIpc) is 3.75. The zero-order valence-electron chi connectivity index (χ0n) is 30.5. The number of para-hydroxylation sites is 6. The molecular formula is C51H35N3O. The van der Waals surface area contributed by atoms with E-state index in [1.165, 1.54) is 71.7 Å². The van der Waals surface area contributed by atoms with Gasteiger partial charge in [-0.3, -0.25) is 0 Å². The minimum Gasteiger partial charge on any atom is -0.453 e. The summed E-state index contributed by atoms with van der Waals surface area (Å²) in [5.41, 5.74) is 15.5. The van der Waals surface area contributed by atoms with E-state index in [9.17, 15) is 0 Å². The van der Waals surface area contributed by atoms with Crippen LogP contribution >= 0.6 is 0 Å². The average molecular weight is 706 g/mol. The Morgan fingerprint density at radius 3 is 1.84 bits per heavy atom. The van der Waals surface area contributed by atoms with E-state index in [4.69, 9.17) is 4.74 Å². The van der Waals surface area contributed by atoms with Crippen molar-refractivity contribution in [3.63, 3.8) is 0 Å². The maximum atomic E-state index is 6.41. The van der Waals surface area contributed by atoms with Crippen molar-refractivity contribution in [3.05, 3.63) is 187 Å². The van der Waals surface area contributed by atoms with Gasteiger partial charge in [0.15, 0.2) is 11.5 Å². The summed E-state index contributed by atoms with van der Waals surface area (Å²) in [5, 5.41) is 4.91. The van der Waals surface area contributed by atoms with Crippen LogP contribution in [0.4, 0.5) is 17.1 Å². The highest BCUT2D eigenvalue weighted by molar-refractivity contribution is 6.18. The fourth-order valence-electron chi connectivity index (χ4n) is 9.62. The molecule has 0 spiro atoms.